The van der Waals surface area contributed by atoms with Crippen LogP contribution in [0.1, 0.15) is 45.7 Å². The Morgan fingerprint density at radius 3 is 2.66 bits per heavy atom. The molecule has 2 N–H and O–H groups in total. The summed E-state index contributed by atoms with van der Waals surface area (Å²) in [5.41, 5.74) is 9.85. The Balaban J connectivity index is 1.55. The second-order valence-corrected chi connectivity index (χ2v) is 9.46. The van der Waals surface area contributed by atoms with Crippen molar-refractivity contribution in [1.82, 2.24) is 24.5 Å². The molecule has 1 fully saturated rings. The smallest absolute Gasteiger partial charge is 0.187 e. The Morgan fingerprint density at radius 2 is 1.91 bits per heavy atom. The number of nitrogens with two attached hydrogens (primary N) is 1. The second-order valence-electron chi connectivity index (χ2n) is 9.46. The molecule has 4 heterocycles. The summed E-state index contributed by atoms with van der Waals surface area (Å²) in [5.74, 6) is 1.50. The molecule has 0 unspecified atom stereocenters. The molecule has 1 aliphatic heterocycles. The van der Waals surface area contributed by atoms with Gasteiger partial charge in [0, 0.05) is 36.3 Å². The number of pyridine rings is 2. The lowest BCUT2D eigenvalue weighted by Crippen LogP contribution is -2.39. The van der Waals surface area contributed by atoms with Crippen molar-refractivity contribution in [2.24, 2.45) is 5.73 Å². The fraction of sp³-hybridized carbons (Fsp3) is 0.400. The number of fused-ring (bicyclic) bond motifs is 2. The van der Waals surface area contributed by atoms with Gasteiger partial charge in [-0.2, -0.15) is 0 Å². The van der Waals surface area contributed by atoms with E-state index in [1.165, 1.54) is 5.56 Å². The molecule has 2 atom stereocenters. The van der Waals surface area contributed by atoms with E-state index in [4.69, 9.17) is 15.5 Å². The number of nitrogens with zero attached hydrogens (tertiary/aromatic N) is 5. The summed E-state index contributed by atoms with van der Waals surface area (Å²) in [6.07, 6.45) is 3.22. The van der Waals surface area contributed by atoms with Crippen LogP contribution in [0, 0.1) is 0 Å². The highest BCUT2D eigenvalue weighted by Gasteiger charge is 2.32. The van der Waals surface area contributed by atoms with Crippen LogP contribution in [0.15, 0.2) is 48.7 Å². The van der Waals surface area contributed by atoms with Crippen LogP contribution in [0.5, 0.6) is 5.75 Å². The molecule has 0 radical (unpaired) electrons. The van der Waals surface area contributed by atoms with E-state index in [1.807, 2.05) is 48.6 Å². The first kappa shape index (κ1) is 20.8. The van der Waals surface area contributed by atoms with Gasteiger partial charge >= 0.3 is 0 Å². The van der Waals surface area contributed by atoms with Crippen LogP contribution in [0.4, 0.5) is 0 Å². The first-order chi connectivity index (χ1) is 15.3. The van der Waals surface area contributed by atoms with Gasteiger partial charge in [0.15, 0.2) is 11.5 Å². The van der Waals surface area contributed by atoms with Gasteiger partial charge in [0.25, 0.3) is 0 Å². The van der Waals surface area contributed by atoms with E-state index in [0.29, 0.717) is 0 Å². The number of hydrogen-bond donors (Lipinski definition) is 1. The van der Waals surface area contributed by atoms with Crippen LogP contribution in [0.3, 0.4) is 0 Å². The summed E-state index contributed by atoms with van der Waals surface area (Å²) in [7, 11) is 0. The predicted octanol–water partition coefficient (Wildman–Crippen LogP) is 4.22. The van der Waals surface area contributed by atoms with E-state index in [1.54, 1.807) is 0 Å². The van der Waals surface area contributed by atoms with E-state index in [-0.39, 0.29) is 17.7 Å². The van der Waals surface area contributed by atoms with Crippen LogP contribution in [-0.4, -0.2) is 49.2 Å². The lowest BCUT2D eigenvalue weighted by molar-refractivity contribution is 0.245. The summed E-state index contributed by atoms with van der Waals surface area (Å²) in [6.45, 7) is 10.3. The highest BCUT2D eigenvalue weighted by atomic mass is 16.5. The van der Waals surface area contributed by atoms with Crippen molar-refractivity contribution < 1.29 is 4.74 Å². The molecule has 166 valence electrons. The highest BCUT2D eigenvalue weighted by molar-refractivity contribution is 5.86. The lowest BCUT2D eigenvalue weighted by Gasteiger charge is -2.26. The van der Waals surface area contributed by atoms with E-state index >= 15 is 0 Å². The van der Waals surface area contributed by atoms with Gasteiger partial charge in [-0.3, -0.25) is 9.30 Å². The van der Waals surface area contributed by atoms with Crippen LogP contribution in [0.2, 0.25) is 0 Å². The van der Waals surface area contributed by atoms with Crippen molar-refractivity contribution in [1.29, 1.82) is 0 Å². The van der Waals surface area contributed by atoms with Gasteiger partial charge in [-0.15, -0.1) is 10.2 Å². The quantitative estimate of drug-likeness (QED) is 0.511. The number of ether oxygens (including phenoxy) is 1. The third-order valence-electron chi connectivity index (χ3n) is 6.26. The summed E-state index contributed by atoms with van der Waals surface area (Å²) >= 11 is 0. The minimum atomic E-state index is -0.120. The highest BCUT2D eigenvalue weighted by Crippen LogP contribution is 2.30. The molecule has 0 amide bonds. The van der Waals surface area contributed by atoms with Crippen molar-refractivity contribution in [2.45, 2.75) is 51.8 Å². The van der Waals surface area contributed by atoms with Crippen molar-refractivity contribution in [3.63, 3.8) is 0 Å². The molecule has 1 aromatic carbocycles. The Bertz CT molecular complexity index is 1280. The van der Waals surface area contributed by atoms with Crippen molar-refractivity contribution >= 4 is 16.6 Å². The zero-order chi connectivity index (χ0) is 22.5. The molecule has 0 aliphatic carbocycles. The minimum absolute atomic E-state index is 0.0741. The standard InChI is InChI=1S/C25H30N6O/c1-16(2)32-21-7-5-6-18-8-10-20(27-23(18)21)24-29-28-22-11-9-19(14-31(22)24)17(3)30-13-12-25(4,26)15-30/h5-11,14,16-17H,12-13,15,26H2,1-4H3/t17-,25+/m1/s1. The molecular formula is C25H30N6O. The van der Waals surface area contributed by atoms with Crippen LogP contribution in [0.25, 0.3) is 28.1 Å². The first-order valence-corrected chi connectivity index (χ1v) is 11.3. The average Bonchev–Trinajstić information content (AvgIpc) is 3.35. The van der Waals surface area contributed by atoms with Crippen LogP contribution < -0.4 is 10.5 Å². The maximum Gasteiger partial charge on any atom is 0.187 e. The number of likely N-dealkylation sites (tertiary alicyclic amines) is 1. The molecule has 3 aromatic heterocycles. The second kappa shape index (κ2) is 7.83. The van der Waals surface area contributed by atoms with Gasteiger partial charge in [0.1, 0.15) is 17.0 Å². The Labute approximate surface area is 188 Å². The van der Waals surface area contributed by atoms with Crippen LogP contribution in [-0.2, 0) is 0 Å². The van der Waals surface area contributed by atoms with Gasteiger partial charge in [-0.05, 0) is 57.9 Å². The zero-order valence-corrected chi connectivity index (χ0v) is 19.1. The van der Waals surface area contributed by atoms with Gasteiger partial charge in [0.2, 0.25) is 0 Å². The Morgan fingerprint density at radius 1 is 1.06 bits per heavy atom. The first-order valence-electron chi connectivity index (χ1n) is 11.3. The maximum absolute atomic E-state index is 6.36. The number of para-hydroxylation sites is 1. The molecule has 7 nitrogen and oxygen atoms in total. The van der Waals surface area contributed by atoms with E-state index in [2.05, 4.69) is 47.3 Å². The number of benzene rings is 1. The third kappa shape index (κ3) is 3.82. The largest absolute Gasteiger partial charge is 0.489 e. The molecule has 1 saturated heterocycles. The van der Waals surface area contributed by atoms with E-state index < -0.39 is 0 Å². The van der Waals surface area contributed by atoms with Gasteiger partial charge < -0.3 is 10.5 Å². The van der Waals surface area contributed by atoms with E-state index in [9.17, 15) is 0 Å². The predicted molar refractivity (Wildman–Crippen MR) is 127 cm³/mol. The molecule has 0 bridgehead atoms. The summed E-state index contributed by atoms with van der Waals surface area (Å²) in [5, 5.41) is 9.87. The molecule has 0 spiro atoms. The zero-order valence-electron chi connectivity index (χ0n) is 19.1. The number of rotatable bonds is 5. The summed E-state index contributed by atoms with van der Waals surface area (Å²) in [6, 6.07) is 14.5. The Hall–Kier alpha value is -3.03. The fourth-order valence-electron chi connectivity index (χ4n) is 4.48. The molecule has 5 rings (SSSR count). The normalized spacial score (nSPS) is 20.4. The molecule has 0 saturated carbocycles. The van der Waals surface area contributed by atoms with Crippen molar-refractivity contribution in [3.8, 4) is 17.3 Å². The summed E-state index contributed by atoms with van der Waals surface area (Å²) < 4.78 is 8.02. The molecule has 7 heteroatoms. The monoisotopic (exact) mass is 430 g/mol. The van der Waals surface area contributed by atoms with Crippen LogP contribution >= 0.6 is 0 Å². The Kier molecular flexibility index (Phi) is 5.10. The van der Waals surface area contributed by atoms with E-state index in [0.717, 1.165) is 53.3 Å². The fourth-order valence-corrected chi connectivity index (χ4v) is 4.48. The summed E-state index contributed by atoms with van der Waals surface area (Å²) in [4.78, 5) is 7.36. The number of hydrogen-bond acceptors (Lipinski definition) is 6. The molecule has 1 aliphatic rings. The third-order valence-corrected chi connectivity index (χ3v) is 6.26. The SMILES string of the molecule is CC(C)Oc1cccc2ccc(-c3nnc4ccc([C@@H](C)N5CC[C@](C)(N)C5)cn34)nc12. The van der Waals surface area contributed by atoms with Gasteiger partial charge in [-0.1, -0.05) is 24.3 Å². The van der Waals surface area contributed by atoms with Gasteiger partial charge in [-0.25, -0.2) is 4.98 Å². The van der Waals surface area contributed by atoms with Gasteiger partial charge in [0.05, 0.1) is 6.10 Å². The molecule has 32 heavy (non-hydrogen) atoms. The van der Waals surface area contributed by atoms with Crippen molar-refractivity contribution in [2.75, 3.05) is 13.1 Å². The average molecular weight is 431 g/mol. The number of aromatic nitrogens is 4. The topological polar surface area (TPSA) is 81.6 Å². The molecular weight excluding hydrogens is 400 g/mol. The minimum Gasteiger partial charge on any atom is -0.489 e. The lowest BCUT2D eigenvalue weighted by atomic mass is 10.0. The molecule has 4 aromatic rings. The maximum atomic E-state index is 6.36. The van der Waals surface area contributed by atoms with Crippen molar-refractivity contribution in [3.05, 3.63) is 54.2 Å².